The quantitative estimate of drug-likeness (QED) is 0.830. The fourth-order valence-corrected chi connectivity index (χ4v) is 3.41. The molecule has 0 spiro atoms. The van der Waals surface area contributed by atoms with Crippen molar-refractivity contribution in [3.05, 3.63) is 29.8 Å². The van der Waals surface area contributed by atoms with Crippen molar-refractivity contribution in [3.8, 4) is 6.07 Å². The Morgan fingerprint density at radius 3 is 2.29 bits per heavy atom. The highest BCUT2D eigenvalue weighted by Gasteiger charge is 2.23. The molecule has 0 aliphatic rings. The zero-order valence-corrected chi connectivity index (χ0v) is 13.9. The van der Waals surface area contributed by atoms with E-state index in [-0.39, 0.29) is 16.7 Å². The summed E-state index contributed by atoms with van der Waals surface area (Å²) in [6.45, 7) is 5.20. The van der Waals surface area contributed by atoms with Crippen molar-refractivity contribution < 1.29 is 8.42 Å². The average molecular weight is 309 g/mol. The summed E-state index contributed by atoms with van der Waals surface area (Å²) in [5, 5.41) is 8.61. The largest absolute Gasteiger partial charge is 0.309 e. The van der Waals surface area contributed by atoms with Gasteiger partial charge in [-0.1, -0.05) is 26.0 Å². The zero-order valence-electron chi connectivity index (χ0n) is 13.0. The van der Waals surface area contributed by atoms with E-state index < -0.39 is 10.0 Å². The van der Waals surface area contributed by atoms with E-state index in [2.05, 4.69) is 4.72 Å². The van der Waals surface area contributed by atoms with Crippen molar-refractivity contribution in [2.75, 3.05) is 27.2 Å². The maximum absolute atomic E-state index is 12.2. The summed E-state index contributed by atoms with van der Waals surface area (Å²) in [5.41, 5.74) is 0.654. The summed E-state index contributed by atoms with van der Waals surface area (Å²) in [7, 11) is 0.413. The molecule has 1 N–H and O–H groups in total. The average Bonchev–Trinajstić information content (AvgIpc) is 2.36. The van der Waals surface area contributed by atoms with Gasteiger partial charge in [-0.25, -0.2) is 13.1 Å². The molecule has 5 nitrogen and oxygen atoms in total. The zero-order chi connectivity index (χ0) is 16.1. The molecule has 0 atom stereocenters. The van der Waals surface area contributed by atoms with Crippen LogP contribution >= 0.6 is 0 Å². The molecule has 0 saturated carbocycles. The predicted molar refractivity (Wildman–Crippen MR) is 83.3 cm³/mol. The second-order valence-electron chi connectivity index (χ2n) is 6.21. The first-order valence-electron chi connectivity index (χ1n) is 6.76. The van der Waals surface area contributed by atoms with Crippen LogP contribution in [0.4, 0.5) is 0 Å². The third-order valence-corrected chi connectivity index (χ3v) is 4.42. The molecule has 1 rings (SSSR count). The molecule has 21 heavy (non-hydrogen) atoms. The van der Waals surface area contributed by atoms with Crippen LogP contribution in [-0.4, -0.2) is 40.5 Å². The number of sulfonamides is 1. The molecule has 0 saturated heterocycles. The second-order valence-corrected chi connectivity index (χ2v) is 7.97. The van der Waals surface area contributed by atoms with E-state index in [1.54, 1.807) is 12.1 Å². The molecule has 1 aromatic rings. The number of benzene rings is 1. The van der Waals surface area contributed by atoms with Crippen LogP contribution in [0.3, 0.4) is 0 Å². The molecule has 0 bridgehead atoms. The third kappa shape index (κ3) is 5.84. The lowest BCUT2D eigenvalue weighted by molar-refractivity contribution is 0.242. The van der Waals surface area contributed by atoms with Gasteiger partial charge in [0.2, 0.25) is 10.0 Å². The van der Waals surface area contributed by atoms with Crippen LogP contribution in [0.15, 0.2) is 29.2 Å². The fourth-order valence-electron chi connectivity index (χ4n) is 2.16. The SMILES string of the molecule is CN(C)CC(C)(C)CNS(=O)(=O)c1ccc(CC#N)cc1. The first-order valence-corrected chi connectivity index (χ1v) is 8.25. The van der Waals surface area contributed by atoms with Gasteiger partial charge in [-0.2, -0.15) is 5.26 Å². The standard InChI is InChI=1S/C15H23N3O2S/c1-15(2,12-18(3)4)11-17-21(19,20)14-7-5-13(6-8-14)9-10-16/h5-8,17H,9,11-12H2,1-4H3. The van der Waals surface area contributed by atoms with Crippen LogP contribution in [0.2, 0.25) is 0 Å². The van der Waals surface area contributed by atoms with E-state index >= 15 is 0 Å². The lowest BCUT2D eigenvalue weighted by Crippen LogP contribution is -2.39. The number of nitrogens with zero attached hydrogens (tertiary/aromatic N) is 2. The normalized spacial score (nSPS) is 12.4. The van der Waals surface area contributed by atoms with Crippen LogP contribution in [0.25, 0.3) is 0 Å². The molecule has 0 aliphatic heterocycles. The predicted octanol–water partition coefficient (Wildman–Crippen LogP) is 1.62. The smallest absolute Gasteiger partial charge is 0.240 e. The Balaban J connectivity index is 2.76. The third-order valence-electron chi connectivity index (χ3n) is 3.00. The van der Waals surface area contributed by atoms with Gasteiger partial charge in [0.1, 0.15) is 0 Å². The van der Waals surface area contributed by atoms with Crippen molar-refractivity contribution in [3.63, 3.8) is 0 Å². The van der Waals surface area contributed by atoms with Crippen molar-refractivity contribution >= 4 is 10.0 Å². The summed E-state index contributed by atoms with van der Waals surface area (Å²) >= 11 is 0. The summed E-state index contributed by atoms with van der Waals surface area (Å²) in [5.74, 6) is 0. The van der Waals surface area contributed by atoms with E-state index in [4.69, 9.17) is 5.26 Å². The highest BCUT2D eigenvalue weighted by atomic mass is 32.2. The fraction of sp³-hybridized carbons (Fsp3) is 0.533. The Labute approximate surface area is 127 Å². The van der Waals surface area contributed by atoms with Gasteiger partial charge in [0.15, 0.2) is 0 Å². The minimum absolute atomic E-state index is 0.155. The molecular weight excluding hydrogens is 286 g/mol. The Morgan fingerprint density at radius 2 is 1.81 bits per heavy atom. The van der Waals surface area contributed by atoms with Crippen molar-refractivity contribution in [2.45, 2.75) is 25.2 Å². The van der Waals surface area contributed by atoms with Gasteiger partial charge in [-0.05, 0) is 37.2 Å². The van der Waals surface area contributed by atoms with Gasteiger partial charge < -0.3 is 4.90 Å². The monoisotopic (exact) mass is 309 g/mol. The van der Waals surface area contributed by atoms with Gasteiger partial charge in [0, 0.05) is 13.1 Å². The lowest BCUT2D eigenvalue weighted by Gasteiger charge is -2.28. The molecule has 0 unspecified atom stereocenters. The number of hydrogen-bond donors (Lipinski definition) is 1. The Bertz CT molecular complexity index is 599. The van der Waals surface area contributed by atoms with E-state index in [0.29, 0.717) is 6.54 Å². The number of nitrogens with one attached hydrogen (secondary N) is 1. The number of rotatable bonds is 7. The van der Waals surface area contributed by atoms with Crippen LogP contribution in [0, 0.1) is 16.7 Å². The molecule has 1 aromatic carbocycles. The first kappa shape index (κ1) is 17.6. The van der Waals surface area contributed by atoms with Gasteiger partial charge in [0.05, 0.1) is 17.4 Å². The first-order chi connectivity index (χ1) is 9.66. The van der Waals surface area contributed by atoms with Crippen molar-refractivity contribution in [2.24, 2.45) is 5.41 Å². The summed E-state index contributed by atoms with van der Waals surface area (Å²) in [6.07, 6.45) is 0.281. The highest BCUT2D eigenvalue weighted by Crippen LogP contribution is 2.17. The van der Waals surface area contributed by atoms with Gasteiger partial charge in [-0.3, -0.25) is 0 Å². The Kier molecular flexibility index (Phi) is 5.90. The molecule has 0 fully saturated rings. The summed E-state index contributed by atoms with van der Waals surface area (Å²) in [4.78, 5) is 2.26. The molecule has 6 heteroatoms. The molecule has 0 aromatic heterocycles. The molecule has 0 heterocycles. The minimum Gasteiger partial charge on any atom is -0.309 e. The highest BCUT2D eigenvalue weighted by molar-refractivity contribution is 7.89. The van der Waals surface area contributed by atoms with Crippen LogP contribution in [0.5, 0.6) is 0 Å². The van der Waals surface area contributed by atoms with E-state index in [9.17, 15) is 8.42 Å². The Hall–Kier alpha value is -1.42. The molecule has 0 aliphatic carbocycles. The molecule has 0 amide bonds. The van der Waals surface area contributed by atoms with E-state index in [1.807, 2.05) is 38.9 Å². The second kappa shape index (κ2) is 7.03. The van der Waals surface area contributed by atoms with Crippen molar-refractivity contribution in [1.29, 1.82) is 5.26 Å². The van der Waals surface area contributed by atoms with Crippen molar-refractivity contribution in [1.82, 2.24) is 9.62 Å². The van der Waals surface area contributed by atoms with Crippen LogP contribution in [-0.2, 0) is 16.4 Å². The summed E-state index contributed by atoms with van der Waals surface area (Å²) < 4.78 is 27.1. The number of nitriles is 1. The van der Waals surface area contributed by atoms with E-state index in [0.717, 1.165) is 12.1 Å². The molecule has 0 radical (unpaired) electrons. The number of hydrogen-bond acceptors (Lipinski definition) is 4. The van der Waals surface area contributed by atoms with Gasteiger partial charge in [0.25, 0.3) is 0 Å². The Morgan fingerprint density at radius 1 is 1.24 bits per heavy atom. The van der Waals surface area contributed by atoms with Gasteiger partial charge in [-0.15, -0.1) is 0 Å². The van der Waals surface area contributed by atoms with E-state index in [1.165, 1.54) is 12.1 Å². The minimum atomic E-state index is -3.51. The summed E-state index contributed by atoms with van der Waals surface area (Å²) in [6, 6.07) is 8.45. The molecule has 116 valence electrons. The maximum Gasteiger partial charge on any atom is 0.240 e. The maximum atomic E-state index is 12.2. The van der Waals surface area contributed by atoms with Gasteiger partial charge >= 0.3 is 0 Å². The molecular formula is C15H23N3O2S. The van der Waals surface area contributed by atoms with Crippen LogP contribution in [0.1, 0.15) is 19.4 Å². The lowest BCUT2D eigenvalue weighted by atomic mass is 9.93. The van der Waals surface area contributed by atoms with Crippen LogP contribution < -0.4 is 4.72 Å². The topological polar surface area (TPSA) is 73.2 Å².